The number of aryl methyl sites for hydroxylation is 1. The summed E-state index contributed by atoms with van der Waals surface area (Å²) >= 11 is 0. The molecule has 0 aromatic heterocycles. The number of nitrogens with one attached hydrogen (secondary N) is 1. The second-order valence-electron chi connectivity index (χ2n) is 3.54. The van der Waals surface area contributed by atoms with E-state index in [2.05, 4.69) is 17.4 Å². The van der Waals surface area contributed by atoms with Gasteiger partial charge in [0.15, 0.2) is 0 Å². The Balaban J connectivity index is 0.00000112. The van der Waals surface area contributed by atoms with Crippen molar-refractivity contribution in [2.24, 2.45) is 0 Å². The summed E-state index contributed by atoms with van der Waals surface area (Å²) in [4.78, 5) is 10.3. The van der Waals surface area contributed by atoms with E-state index in [0.717, 1.165) is 12.8 Å². The van der Waals surface area contributed by atoms with Crippen LogP contribution in [0.3, 0.4) is 0 Å². The molecule has 4 heteroatoms. The third-order valence-electron chi connectivity index (χ3n) is 2.63. The zero-order chi connectivity index (χ0) is 9.97. The van der Waals surface area contributed by atoms with E-state index in [1.54, 1.807) is 0 Å². The smallest absolute Gasteiger partial charge is 0.549 e. The van der Waals surface area contributed by atoms with Gasteiger partial charge >= 0.3 is 29.6 Å². The van der Waals surface area contributed by atoms with Gasteiger partial charge in [0, 0.05) is 12.6 Å². The number of aliphatic carboxylic acids is 1. The second-order valence-corrected chi connectivity index (χ2v) is 3.54. The SMILES string of the molecule is O=C([O-])CNC1CCc2ccccc21.[Na+]. The summed E-state index contributed by atoms with van der Waals surface area (Å²) in [6, 6.07) is 8.33. The number of hydrogen-bond donors (Lipinski definition) is 1. The van der Waals surface area contributed by atoms with Gasteiger partial charge in [-0.3, -0.25) is 0 Å². The minimum absolute atomic E-state index is 0. The molecule has 0 bridgehead atoms. The molecule has 0 aliphatic heterocycles. The maximum absolute atomic E-state index is 10.3. The Kier molecular flexibility index (Phi) is 4.80. The van der Waals surface area contributed by atoms with Gasteiger partial charge in [-0.05, 0) is 24.0 Å². The van der Waals surface area contributed by atoms with Crippen molar-refractivity contribution in [2.75, 3.05) is 6.54 Å². The molecule has 1 aliphatic rings. The van der Waals surface area contributed by atoms with Crippen LogP contribution >= 0.6 is 0 Å². The quantitative estimate of drug-likeness (QED) is 0.545. The van der Waals surface area contributed by atoms with Gasteiger partial charge in [0.25, 0.3) is 0 Å². The summed E-state index contributed by atoms with van der Waals surface area (Å²) in [7, 11) is 0. The van der Waals surface area contributed by atoms with Gasteiger partial charge in [0.1, 0.15) is 0 Å². The summed E-state index contributed by atoms with van der Waals surface area (Å²) in [6.45, 7) is -0.0704. The van der Waals surface area contributed by atoms with Crippen molar-refractivity contribution in [1.82, 2.24) is 5.32 Å². The molecule has 0 radical (unpaired) electrons. The molecule has 1 N–H and O–H groups in total. The van der Waals surface area contributed by atoms with Crippen LogP contribution in [0.4, 0.5) is 0 Å². The predicted molar refractivity (Wildman–Crippen MR) is 50.5 cm³/mol. The zero-order valence-electron chi connectivity index (χ0n) is 8.82. The topological polar surface area (TPSA) is 52.2 Å². The van der Waals surface area contributed by atoms with Crippen molar-refractivity contribution in [3.05, 3.63) is 35.4 Å². The van der Waals surface area contributed by atoms with Crippen LogP contribution in [0.1, 0.15) is 23.6 Å². The standard InChI is InChI=1S/C11H13NO2.Na/c13-11(14)7-12-10-6-5-8-3-1-2-4-9(8)10;/h1-4,10,12H,5-7H2,(H,13,14);/q;+1/p-1. The summed E-state index contributed by atoms with van der Waals surface area (Å²) in [5.41, 5.74) is 2.55. The number of carbonyl (C=O) groups is 1. The van der Waals surface area contributed by atoms with Gasteiger partial charge in [-0.15, -0.1) is 0 Å². The fourth-order valence-electron chi connectivity index (χ4n) is 1.98. The molecule has 1 unspecified atom stereocenters. The molecule has 3 nitrogen and oxygen atoms in total. The predicted octanol–water partition coefficient (Wildman–Crippen LogP) is -2.98. The fourth-order valence-corrected chi connectivity index (χ4v) is 1.98. The first kappa shape index (κ1) is 12.7. The number of carboxylic acids is 1. The van der Waals surface area contributed by atoms with Gasteiger partial charge in [0.2, 0.25) is 0 Å². The van der Waals surface area contributed by atoms with E-state index in [4.69, 9.17) is 0 Å². The summed E-state index contributed by atoms with van der Waals surface area (Å²) < 4.78 is 0. The van der Waals surface area contributed by atoms with Crippen molar-refractivity contribution >= 4 is 5.97 Å². The van der Waals surface area contributed by atoms with Gasteiger partial charge in [-0.25, -0.2) is 0 Å². The van der Waals surface area contributed by atoms with E-state index in [-0.39, 0.29) is 42.1 Å². The largest absolute Gasteiger partial charge is 1.00 e. The van der Waals surface area contributed by atoms with Crippen LogP contribution < -0.4 is 40.0 Å². The van der Waals surface area contributed by atoms with Crippen LogP contribution in [0.2, 0.25) is 0 Å². The maximum Gasteiger partial charge on any atom is 1.00 e. The Morgan fingerprint density at radius 1 is 1.47 bits per heavy atom. The first-order chi connectivity index (χ1) is 6.77. The fraction of sp³-hybridized carbons (Fsp3) is 0.364. The summed E-state index contributed by atoms with van der Waals surface area (Å²) in [6.07, 6.45) is 2.01. The first-order valence-corrected chi connectivity index (χ1v) is 4.78. The van der Waals surface area contributed by atoms with Crippen LogP contribution in [-0.4, -0.2) is 12.5 Å². The van der Waals surface area contributed by atoms with Crippen molar-refractivity contribution in [3.8, 4) is 0 Å². The Morgan fingerprint density at radius 2 is 2.20 bits per heavy atom. The first-order valence-electron chi connectivity index (χ1n) is 4.78. The van der Waals surface area contributed by atoms with E-state index in [0.29, 0.717) is 0 Å². The maximum atomic E-state index is 10.3. The second kappa shape index (κ2) is 5.66. The summed E-state index contributed by atoms with van der Waals surface area (Å²) in [5, 5.41) is 13.3. The Bertz CT molecular complexity index is 354. The number of rotatable bonds is 3. The number of carbonyl (C=O) groups excluding carboxylic acids is 1. The minimum Gasteiger partial charge on any atom is -0.549 e. The van der Waals surface area contributed by atoms with E-state index in [1.807, 2.05) is 12.1 Å². The van der Waals surface area contributed by atoms with E-state index < -0.39 is 5.97 Å². The number of fused-ring (bicyclic) bond motifs is 1. The van der Waals surface area contributed by atoms with Gasteiger partial charge in [0.05, 0.1) is 5.97 Å². The van der Waals surface area contributed by atoms with Crippen LogP contribution in [0.15, 0.2) is 24.3 Å². The molecule has 74 valence electrons. The Hall–Kier alpha value is -0.350. The molecule has 2 rings (SSSR count). The monoisotopic (exact) mass is 213 g/mol. The van der Waals surface area contributed by atoms with Crippen LogP contribution in [0.5, 0.6) is 0 Å². The average molecular weight is 213 g/mol. The molecule has 1 aromatic carbocycles. The number of hydrogen-bond acceptors (Lipinski definition) is 3. The van der Waals surface area contributed by atoms with E-state index >= 15 is 0 Å². The molecule has 15 heavy (non-hydrogen) atoms. The van der Waals surface area contributed by atoms with E-state index in [1.165, 1.54) is 11.1 Å². The van der Waals surface area contributed by atoms with Crippen LogP contribution in [0.25, 0.3) is 0 Å². The molecule has 1 aromatic rings. The molecular weight excluding hydrogens is 201 g/mol. The van der Waals surface area contributed by atoms with Crippen molar-refractivity contribution in [2.45, 2.75) is 18.9 Å². The van der Waals surface area contributed by atoms with Crippen LogP contribution in [-0.2, 0) is 11.2 Å². The Morgan fingerprint density at radius 3 is 2.93 bits per heavy atom. The number of carboxylic acid groups (broad SMARTS) is 1. The van der Waals surface area contributed by atoms with Crippen molar-refractivity contribution < 1.29 is 39.5 Å². The van der Waals surface area contributed by atoms with E-state index in [9.17, 15) is 9.90 Å². The normalized spacial score (nSPS) is 18.0. The van der Waals surface area contributed by atoms with Gasteiger partial charge in [-0.1, -0.05) is 24.3 Å². The van der Waals surface area contributed by atoms with Crippen molar-refractivity contribution in [3.63, 3.8) is 0 Å². The molecule has 1 aliphatic carbocycles. The Labute approximate surface area is 111 Å². The number of benzene rings is 1. The zero-order valence-corrected chi connectivity index (χ0v) is 10.8. The molecule has 0 spiro atoms. The van der Waals surface area contributed by atoms with Crippen molar-refractivity contribution in [1.29, 1.82) is 0 Å². The molecular formula is C11H12NNaO2. The minimum atomic E-state index is -1.05. The molecule has 0 fully saturated rings. The summed E-state index contributed by atoms with van der Waals surface area (Å²) in [5.74, 6) is -1.05. The molecule has 0 heterocycles. The molecule has 0 saturated carbocycles. The third kappa shape index (κ3) is 3.05. The van der Waals surface area contributed by atoms with Gasteiger partial charge in [-0.2, -0.15) is 0 Å². The molecule has 1 atom stereocenters. The average Bonchev–Trinajstić information content (AvgIpc) is 2.58. The molecule has 0 amide bonds. The van der Waals surface area contributed by atoms with Crippen LogP contribution in [0, 0.1) is 0 Å². The van der Waals surface area contributed by atoms with Gasteiger partial charge < -0.3 is 15.2 Å². The molecule has 0 saturated heterocycles. The third-order valence-corrected chi connectivity index (χ3v) is 2.63.